The molecule has 1 saturated carbocycles. The van der Waals surface area contributed by atoms with Gasteiger partial charge in [0.15, 0.2) is 0 Å². The maximum absolute atomic E-state index is 13.0. The highest BCUT2D eigenvalue weighted by molar-refractivity contribution is 5.92. The van der Waals surface area contributed by atoms with Gasteiger partial charge in [-0.05, 0) is 63.4 Å². The van der Waals surface area contributed by atoms with E-state index in [1.54, 1.807) is 0 Å². The Balaban J connectivity index is 1.37. The lowest BCUT2D eigenvalue weighted by Gasteiger charge is -2.27. The topological polar surface area (TPSA) is 41.4 Å². The van der Waals surface area contributed by atoms with Crippen molar-refractivity contribution in [1.29, 1.82) is 0 Å². The number of amides is 1. The fraction of sp³-hybridized carbons (Fsp3) is 0.524. The molecule has 138 valence electrons. The minimum absolute atomic E-state index is 0.204. The summed E-state index contributed by atoms with van der Waals surface area (Å²) in [5.41, 5.74) is 1.97. The lowest BCUT2D eigenvalue weighted by molar-refractivity contribution is 0.0746. The third kappa shape index (κ3) is 3.83. The summed E-state index contributed by atoms with van der Waals surface area (Å²) in [5, 5.41) is 0. The molecule has 0 radical (unpaired) electrons. The van der Waals surface area contributed by atoms with Crippen molar-refractivity contribution in [3.63, 3.8) is 0 Å². The number of hydrogen-bond acceptors (Lipinski definition) is 3. The summed E-state index contributed by atoms with van der Waals surface area (Å²) < 4.78 is 2.18. The van der Waals surface area contributed by atoms with E-state index in [0.29, 0.717) is 12.1 Å². The van der Waals surface area contributed by atoms with Crippen LogP contribution in [0.15, 0.2) is 42.7 Å². The number of carbonyl (C=O) groups excluding carboxylic acids is 1. The predicted molar refractivity (Wildman–Crippen MR) is 102 cm³/mol. The molecule has 0 bridgehead atoms. The van der Waals surface area contributed by atoms with Crippen LogP contribution >= 0.6 is 0 Å². The van der Waals surface area contributed by atoms with E-state index in [0.717, 1.165) is 50.3 Å². The van der Waals surface area contributed by atoms with Crippen molar-refractivity contribution in [2.75, 3.05) is 20.1 Å². The Kier molecular flexibility index (Phi) is 5.07. The van der Waals surface area contributed by atoms with Gasteiger partial charge in [-0.15, -0.1) is 0 Å². The molecule has 1 atom stereocenters. The van der Waals surface area contributed by atoms with E-state index < -0.39 is 0 Å². The van der Waals surface area contributed by atoms with Crippen LogP contribution < -0.4 is 0 Å². The van der Waals surface area contributed by atoms with Gasteiger partial charge in [-0.3, -0.25) is 14.7 Å². The highest BCUT2D eigenvalue weighted by Crippen LogP contribution is 2.36. The van der Waals surface area contributed by atoms with Crippen molar-refractivity contribution in [3.8, 4) is 0 Å². The van der Waals surface area contributed by atoms with Gasteiger partial charge in [-0.2, -0.15) is 0 Å². The number of aromatic nitrogens is 2. The molecule has 5 heteroatoms. The maximum Gasteiger partial charge on any atom is 0.270 e. The molecular formula is C21H28N4O. The molecule has 26 heavy (non-hydrogen) atoms. The van der Waals surface area contributed by atoms with Gasteiger partial charge in [0.2, 0.25) is 0 Å². The largest absolute Gasteiger partial charge is 0.340 e. The molecule has 2 aliphatic rings. The van der Waals surface area contributed by atoms with Crippen LogP contribution in [0.4, 0.5) is 0 Å². The second-order valence-electron chi connectivity index (χ2n) is 7.64. The van der Waals surface area contributed by atoms with E-state index in [4.69, 9.17) is 0 Å². The summed E-state index contributed by atoms with van der Waals surface area (Å²) in [6.07, 6.45) is 9.55. The zero-order chi connectivity index (χ0) is 17.9. The molecule has 1 amide bonds. The van der Waals surface area contributed by atoms with Gasteiger partial charge in [0.1, 0.15) is 5.69 Å². The fourth-order valence-corrected chi connectivity index (χ4v) is 4.01. The quantitative estimate of drug-likeness (QED) is 0.829. The van der Waals surface area contributed by atoms with Crippen molar-refractivity contribution in [2.45, 2.75) is 50.7 Å². The van der Waals surface area contributed by atoms with Crippen LogP contribution in [0.5, 0.6) is 0 Å². The Labute approximate surface area is 155 Å². The number of rotatable bonds is 5. The van der Waals surface area contributed by atoms with Crippen molar-refractivity contribution >= 4 is 5.91 Å². The highest BCUT2D eigenvalue weighted by atomic mass is 16.2. The Morgan fingerprint density at radius 2 is 2.04 bits per heavy atom. The molecule has 1 saturated heterocycles. The smallest absolute Gasteiger partial charge is 0.270 e. The van der Waals surface area contributed by atoms with E-state index in [1.165, 1.54) is 12.8 Å². The van der Waals surface area contributed by atoms with Gasteiger partial charge >= 0.3 is 0 Å². The summed E-state index contributed by atoms with van der Waals surface area (Å²) in [7, 11) is 2.18. The lowest BCUT2D eigenvalue weighted by atomic mass is 10.1. The first-order valence-electron chi connectivity index (χ1n) is 9.78. The third-order valence-corrected chi connectivity index (χ3v) is 5.68. The van der Waals surface area contributed by atoms with Gasteiger partial charge in [-0.25, -0.2) is 0 Å². The maximum atomic E-state index is 13.0. The average molecular weight is 352 g/mol. The summed E-state index contributed by atoms with van der Waals surface area (Å²) in [5.74, 6) is 0.204. The van der Waals surface area contributed by atoms with E-state index >= 15 is 0 Å². The summed E-state index contributed by atoms with van der Waals surface area (Å²) in [6.45, 7) is 2.57. The highest BCUT2D eigenvalue weighted by Gasteiger charge is 2.30. The molecule has 2 aromatic heterocycles. The molecule has 0 N–H and O–H groups in total. The summed E-state index contributed by atoms with van der Waals surface area (Å²) in [6, 6.07) is 11.1. The van der Waals surface area contributed by atoms with Crippen molar-refractivity contribution in [3.05, 3.63) is 54.1 Å². The van der Waals surface area contributed by atoms with Crippen molar-refractivity contribution in [2.24, 2.45) is 0 Å². The number of carbonyl (C=O) groups is 1. The van der Waals surface area contributed by atoms with Crippen LogP contribution in [-0.2, 0) is 6.54 Å². The Morgan fingerprint density at radius 1 is 1.15 bits per heavy atom. The first kappa shape index (κ1) is 17.3. The molecule has 5 nitrogen and oxygen atoms in total. The van der Waals surface area contributed by atoms with Crippen molar-refractivity contribution in [1.82, 2.24) is 19.4 Å². The fourth-order valence-electron chi connectivity index (χ4n) is 4.01. The number of hydrogen-bond donors (Lipinski definition) is 0. The first-order chi connectivity index (χ1) is 12.7. The second kappa shape index (κ2) is 7.62. The minimum Gasteiger partial charge on any atom is -0.340 e. The number of likely N-dealkylation sites (tertiary alicyclic amines) is 1. The van der Waals surface area contributed by atoms with Gasteiger partial charge in [0.25, 0.3) is 5.91 Å². The molecule has 2 fully saturated rings. The zero-order valence-corrected chi connectivity index (χ0v) is 15.6. The van der Waals surface area contributed by atoms with Gasteiger partial charge < -0.3 is 9.47 Å². The van der Waals surface area contributed by atoms with Crippen LogP contribution in [0.1, 0.15) is 54.3 Å². The van der Waals surface area contributed by atoms with Crippen LogP contribution in [0.25, 0.3) is 0 Å². The number of pyridine rings is 1. The van der Waals surface area contributed by atoms with Gasteiger partial charge in [-0.1, -0.05) is 6.07 Å². The summed E-state index contributed by atoms with van der Waals surface area (Å²) >= 11 is 0. The molecule has 1 aliphatic heterocycles. The van der Waals surface area contributed by atoms with Crippen LogP contribution in [0.3, 0.4) is 0 Å². The van der Waals surface area contributed by atoms with Crippen LogP contribution in [-0.4, -0.2) is 51.4 Å². The molecule has 0 unspecified atom stereocenters. The molecule has 0 spiro atoms. The molecule has 2 aromatic rings. The first-order valence-corrected chi connectivity index (χ1v) is 9.78. The van der Waals surface area contributed by atoms with Gasteiger partial charge in [0, 0.05) is 44.1 Å². The van der Waals surface area contributed by atoms with Crippen LogP contribution in [0, 0.1) is 0 Å². The molecule has 1 aliphatic carbocycles. The van der Waals surface area contributed by atoms with Crippen LogP contribution in [0.2, 0.25) is 0 Å². The normalized spacial score (nSPS) is 21.0. The average Bonchev–Trinajstić information content (AvgIpc) is 3.44. The van der Waals surface area contributed by atoms with Gasteiger partial charge in [0.05, 0.1) is 5.69 Å². The lowest BCUT2D eigenvalue weighted by Crippen LogP contribution is -2.35. The van der Waals surface area contributed by atoms with E-state index in [-0.39, 0.29) is 5.91 Å². The van der Waals surface area contributed by atoms with E-state index in [1.807, 2.05) is 30.5 Å². The Bertz CT molecular complexity index is 737. The van der Waals surface area contributed by atoms with E-state index in [9.17, 15) is 4.79 Å². The SMILES string of the molecule is CN(Cc1ccccn1)[C@H]1CCCN(C(=O)c2cccn2C2CC2)CC1. The standard InChI is InChI=1S/C21H28N4O/c1-23(16-17-6-2-3-12-22-17)18-7-4-13-24(15-11-18)21(26)20-8-5-14-25(20)19-9-10-19/h2-3,5-6,8,12,14,18-19H,4,7,9-11,13,15-16H2,1H3/t18-/m0/s1. The van der Waals surface area contributed by atoms with E-state index in [2.05, 4.69) is 38.7 Å². The predicted octanol–water partition coefficient (Wildman–Crippen LogP) is 3.34. The number of nitrogens with zero attached hydrogens (tertiary/aromatic N) is 4. The second-order valence-corrected chi connectivity index (χ2v) is 7.64. The molecule has 4 rings (SSSR count). The molecular weight excluding hydrogens is 324 g/mol. The minimum atomic E-state index is 0.204. The molecule has 0 aromatic carbocycles. The third-order valence-electron chi connectivity index (χ3n) is 5.68. The monoisotopic (exact) mass is 352 g/mol. The zero-order valence-electron chi connectivity index (χ0n) is 15.6. The van der Waals surface area contributed by atoms with Crippen molar-refractivity contribution < 1.29 is 4.79 Å². The summed E-state index contributed by atoms with van der Waals surface area (Å²) in [4.78, 5) is 21.9. The Hall–Kier alpha value is -2.14. The molecule has 3 heterocycles. The Morgan fingerprint density at radius 3 is 2.81 bits per heavy atom.